The van der Waals surface area contributed by atoms with E-state index in [2.05, 4.69) is 19.2 Å². The summed E-state index contributed by atoms with van der Waals surface area (Å²) in [6, 6.07) is 4.52. The maximum atomic E-state index is 13.5. The van der Waals surface area contributed by atoms with Crippen LogP contribution in [0.15, 0.2) is 18.2 Å². The van der Waals surface area contributed by atoms with Crippen LogP contribution in [0.5, 0.6) is 5.75 Å². The van der Waals surface area contributed by atoms with E-state index in [4.69, 9.17) is 9.47 Å². The standard InChI is InChI=1S/C15H24FNO2/c1-5-9-17-15(13(6-2)18-3)12-10-11(16)7-8-14(12)19-4/h7-8,10,13,15,17H,5-6,9H2,1-4H3. The minimum absolute atomic E-state index is 0.0118. The Morgan fingerprint density at radius 2 is 2.00 bits per heavy atom. The highest BCUT2D eigenvalue weighted by Crippen LogP contribution is 2.30. The average molecular weight is 269 g/mol. The summed E-state index contributed by atoms with van der Waals surface area (Å²) in [6.07, 6.45) is 1.84. The molecule has 2 unspecified atom stereocenters. The van der Waals surface area contributed by atoms with Crippen molar-refractivity contribution < 1.29 is 13.9 Å². The molecule has 0 amide bonds. The zero-order valence-electron chi connectivity index (χ0n) is 12.2. The van der Waals surface area contributed by atoms with Crippen LogP contribution < -0.4 is 10.1 Å². The fraction of sp³-hybridized carbons (Fsp3) is 0.600. The Labute approximate surface area is 115 Å². The number of halogens is 1. The van der Waals surface area contributed by atoms with Crippen LogP contribution in [0, 0.1) is 5.82 Å². The highest BCUT2D eigenvalue weighted by Gasteiger charge is 2.24. The van der Waals surface area contributed by atoms with E-state index in [1.165, 1.54) is 12.1 Å². The molecule has 3 nitrogen and oxygen atoms in total. The number of rotatable bonds is 8. The molecular formula is C15H24FNO2. The maximum absolute atomic E-state index is 13.5. The lowest BCUT2D eigenvalue weighted by Crippen LogP contribution is -2.33. The van der Waals surface area contributed by atoms with Crippen molar-refractivity contribution in [2.45, 2.75) is 38.8 Å². The lowest BCUT2D eigenvalue weighted by Gasteiger charge is -2.28. The second kappa shape index (κ2) is 8.12. The van der Waals surface area contributed by atoms with Crippen molar-refractivity contribution in [3.63, 3.8) is 0 Å². The fourth-order valence-electron chi connectivity index (χ4n) is 2.23. The second-order valence-electron chi connectivity index (χ2n) is 4.50. The molecule has 0 aromatic heterocycles. The van der Waals surface area contributed by atoms with E-state index in [1.54, 1.807) is 20.3 Å². The van der Waals surface area contributed by atoms with Gasteiger partial charge in [-0.3, -0.25) is 0 Å². The van der Waals surface area contributed by atoms with Crippen molar-refractivity contribution in [2.75, 3.05) is 20.8 Å². The van der Waals surface area contributed by atoms with Crippen molar-refractivity contribution in [1.82, 2.24) is 5.32 Å². The molecule has 1 aromatic carbocycles. The van der Waals surface area contributed by atoms with Gasteiger partial charge in [-0.2, -0.15) is 0 Å². The fourth-order valence-corrected chi connectivity index (χ4v) is 2.23. The molecule has 108 valence electrons. The zero-order valence-corrected chi connectivity index (χ0v) is 12.2. The van der Waals surface area contributed by atoms with Crippen LogP contribution >= 0.6 is 0 Å². The molecule has 0 aliphatic rings. The second-order valence-corrected chi connectivity index (χ2v) is 4.50. The summed E-state index contributed by atoms with van der Waals surface area (Å²) in [4.78, 5) is 0. The van der Waals surface area contributed by atoms with E-state index < -0.39 is 0 Å². The third-order valence-electron chi connectivity index (χ3n) is 3.22. The van der Waals surface area contributed by atoms with Gasteiger partial charge in [-0.25, -0.2) is 4.39 Å². The first-order valence-electron chi connectivity index (χ1n) is 6.77. The van der Waals surface area contributed by atoms with Crippen LogP contribution in [0.25, 0.3) is 0 Å². The number of hydrogen-bond acceptors (Lipinski definition) is 3. The summed E-state index contributed by atoms with van der Waals surface area (Å²) in [5.41, 5.74) is 0.810. The molecule has 1 aromatic rings. The molecule has 1 N–H and O–H groups in total. The Hall–Kier alpha value is -1.13. The van der Waals surface area contributed by atoms with Crippen LogP contribution in [-0.4, -0.2) is 26.9 Å². The first-order chi connectivity index (χ1) is 9.17. The molecule has 0 bridgehead atoms. The number of methoxy groups -OCH3 is 2. The third kappa shape index (κ3) is 4.18. The van der Waals surface area contributed by atoms with Crippen molar-refractivity contribution in [3.8, 4) is 5.75 Å². The van der Waals surface area contributed by atoms with Crippen LogP contribution in [0.1, 0.15) is 38.3 Å². The molecule has 0 fully saturated rings. The minimum Gasteiger partial charge on any atom is -0.496 e. The van der Waals surface area contributed by atoms with Crippen molar-refractivity contribution in [2.24, 2.45) is 0 Å². The summed E-state index contributed by atoms with van der Waals surface area (Å²) in [7, 11) is 3.28. The van der Waals surface area contributed by atoms with E-state index in [0.29, 0.717) is 5.75 Å². The summed E-state index contributed by atoms with van der Waals surface area (Å²) < 4.78 is 24.4. The summed E-state index contributed by atoms with van der Waals surface area (Å²) >= 11 is 0. The highest BCUT2D eigenvalue weighted by atomic mass is 19.1. The van der Waals surface area contributed by atoms with Gasteiger partial charge >= 0.3 is 0 Å². The summed E-state index contributed by atoms with van der Waals surface area (Å²) in [5, 5.41) is 3.42. The van der Waals surface area contributed by atoms with Gasteiger partial charge in [-0.1, -0.05) is 13.8 Å². The zero-order chi connectivity index (χ0) is 14.3. The Morgan fingerprint density at radius 1 is 1.26 bits per heavy atom. The van der Waals surface area contributed by atoms with E-state index in [9.17, 15) is 4.39 Å². The summed E-state index contributed by atoms with van der Waals surface area (Å²) in [6.45, 7) is 5.01. The van der Waals surface area contributed by atoms with E-state index in [1.807, 2.05) is 0 Å². The third-order valence-corrected chi connectivity index (χ3v) is 3.22. The molecule has 0 saturated carbocycles. The first kappa shape index (κ1) is 15.9. The lowest BCUT2D eigenvalue weighted by atomic mass is 9.98. The molecular weight excluding hydrogens is 245 g/mol. The topological polar surface area (TPSA) is 30.5 Å². The van der Waals surface area contributed by atoms with Crippen LogP contribution in [0.4, 0.5) is 4.39 Å². The smallest absolute Gasteiger partial charge is 0.123 e. The van der Waals surface area contributed by atoms with Crippen molar-refractivity contribution >= 4 is 0 Å². The van der Waals surface area contributed by atoms with Gasteiger partial charge in [0, 0.05) is 12.7 Å². The monoisotopic (exact) mass is 269 g/mol. The molecule has 0 heterocycles. The number of hydrogen-bond donors (Lipinski definition) is 1. The predicted octanol–water partition coefficient (Wildman–Crippen LogP) is 3.30. The quantitative estimate of drug-likeness (QED) is 0.785. The van der Waals surface area contributed by atoms with Gasteiger partial charge in [-0.15, -0.1) is 0 Å². The van der Waals surface area contributed by atoms with Gasteiger partial charge in [-0.05, 0) is 37.6 Å². The summed E-state index contributed by atoms with van der Waals surface area (Å²) in [5.74, 6) is 0.426. The molecule has 1 rings (SSSR count). The molecule has 0 saturated heterocycles. The molecule has 0 radical (unpaired) electrons. The van der Waals surface area contributed by atoms with Crippen LogP contribution in [-0.2, 0) is 4.74 Å². The molecule has 0 spiro atoms. The van der Waals surface area contributed by atoms with E-state index in [0.717, 1.165) is 24.9 Å². The Bertz CT molecular complexity index is 380. The minimum atomic E-state index is -0.259. The number of ether oxygens (including phenoxy) is 2. The number of nitrogens with one attached hydrogen (secondary N) is 1. The van der Waals surface area contributed by atoms with Gasteiger partial charge in [0.25, 0.3) is 0 Å². The highest BCUT2D eigenvalue weighted by molar-refractivity contribution is 5.37. The van der Waals surface area contributed by atoms with E-state index in [-0.39, 0.29) is 18.0 Å². The SMILES string of the molecule is CCCNC(c1cc(F)ccc1OC)C(CC)OC. The first-order valence-corrected chi connectivity index (χ1v) is 6.77. The van der Waals surface area contributed by atoms with Crippen molar-refractivity contribution in [1.29, 1.82) is 0 Å². The molecule has 2 atom stereocenters. The predicted molar refractivity (Wildman–Crippen MR) is 75.1 cm³/mol. The van der Waals surface area contributed by atoms with Gasteiger partial charge < -0.3 is 14.8 Å². The van der Waals surface area contributed by atoms with Gasteiger partial charge in [0.15, 0.2) is 0 Å². The lowest BCUT2D eigenvalue weighted by molar-refractivity contribution is 0.0642. The maximum Gasteiger partial charge on any atom is 0.123 e. The van der Waals surface area contributed by atoms with Gasteiger partial charge in [0.1, 0.15) is 11.6 Å². The van der Waals surface area contributed by atoms with E-state index >= 15 is 0 Å². The largest absolute Gasteiger partial charge is 0.496 e. The molecule has 4 heteroatoms. The Kier molecular flexibility index (Phi) is 6.81. The van der Waals surface area contributed by atoms with Gasteiger partial charge in [0.05, 0.1) is 19.3 Å². The Balaban J connectivity index is 3.10. The molecule has 0 aliphatic heterocycles. The Morgan fingerprint density at radius 3 is 2.53 bits per heavy atom. The number of benzene rings is 1. The van der Waals surface area contributed by atoms with Crippen LogP contribution in [0.2, 0.25) is 0 Å². The molecule has 19 heavy (non-hydrogen) atoms. The van der Waals surface area contributed by atoms with Crippen LogP contribution in [0.3, 0.4) is 0 Å². The normalized spacial score (nSPS) is 14.2. The van der Waals surface area contributed by atoms with Crippen molar-refractivity contribution in [3.05, 3.63) is 29.6 Å². The average Bonchev–Trinajstić information content (AvgIpc) is 2.43. The molecule has 0 aliphatic carbocycles. The van der Waals surface area contributed by atoms with Gasteiger partial charge in [0.2, 0.25) is 0 Å².